The lowest BCUT2D eigenvalue weighted by molar-refractivity contribution is 0.627. The molecule has 0 radical (unpaired) electrons. The monoisotopic (exact) mass is 366 g/mol. The van der Waals surface area contributed by atoms with Gasteiger partial charge in [-0.3, -0.25) is 0 Å². The summed E-state index contributed by atoms with van der Waals surface area (Å²) in [5.74, 6) is -0.206. The van der Waals surface area contributed by atoms with Gasteiger partial charge in [0, 0.05) is 27.5 Å². The Morgan fingerprint density at radius 2 is 2.00 bits per heavy atom. The van der Waals surface area contributed by atoms with Gasteiger partial charge >= 0.3 is 0 Å². The molecule has 96 valence electrons. The van der Waals surface area contributed by atoms with Crippen LogP contribution in [0.5, 0.6) is 0 Å². The van der Waals surface area contributed by atoms with Gasteiger partial charge in [-0.05, 0) is 63.9 Å². The second kappa shape index (κ2) is 5.21. The van der Waals surface area contributed by atoms with Crippen LogP contribution in [0.15, 0.2) is 48.7 Å². The average Bonchev–Trinajstić information content (AvgIpc) is 2.85. The summed E-state index contributed by atoms with van der Waals surface area (Å²) in [7, 11) is 0. The highest BCUT2D eigenvalue weighted by Gasteiger charge is 2.02. The quantitative estimate of drug-likeness (QED) is 0.656. The van der Waals surface area contributed by atoms with E-state index in [2.05, 4.69) is 57.2 Å². The van der Waals surface area contributed by atoms with E-state index in [-0.39, 0.29) is 5.82 Å². The van der Waals surface area contributed by atoms with Crippen molar-refractivity contribution in [1.82, 2.24) is 4.98 Å². The van der Waals surface area contributed by atoms with Gasteiger partial charge in [0.2, 0.25) is 0 Å². The molecule has 19 heavy (non-hydrogen) atoms. The molecule has 3 aromatic rings. The van der Waals surface area contributed by atoms with Crippen LogP contribution in [0.4, 0.5) is 10.1 Å². The third-order valence-corrected chi connectivity index (χ3v) is 3.93. The summed E-state index contributed by atoms with van der Waals surface area (Å²) in [6, 6.07) is 13.1. The van der Waals surface area contributed by atoms with Crippen molar-refractivity contribution in [2.24, 2.45) is 0 Å². The molecule has 3 rings (SSSR count). The average molecular weight is 366 g/mol. The molecule has 4 heteroatoms. The predicted octanol–water partition coefficient (Wildman–Crippen LogP) is 4.52. The highest BCUT2D eigenvalue weighted by Crippen LogP contribution is 2.20. The Labute approximate surface area is 124 Å². The first kappa shape index (κ1) is 12.5. The van der Waals surface area contributed by atoms with E-state index in [1.807, 2.05) is 6.20 Å². The van der Waals surface area contributed by atoms with Crippen LogP contribution in [-0.2, 0) is 6.54 Å². The fourth-order valence-electron chi connectivity index (χ4n) is 2.04. The molecule has 1 heterocycles. The lowest BCUT2D eigenvalue weighted by Crippen LogP contribution is -2.01. The van der Waals surface area contributed by atoms with E-state index in [1.54, 1.807) is 6.07 Å². The van der Waals surface area contributed by atoms with Crippen LogP contribution < -0.4 is 5.32 Å². The highest BCUT2D eigenvalue weighted by atomic mass is 127. The molecule has 0 fully saturated rings. The SMILES string of the molecule is Fc1ccc(NCc2ccc3cc[nH]c3c2)c(I)c1. The van der Waals surface area contributed by atoms with Crippen LogP contribution in [0.3, 0.4) is 0 Å². The molecule has 0 saturated carbocycles. The number of fused-ring (bicyclic) bond motifs is 1. The molecular weight excluding hydrogens is 354 g/mol. The number of benzene rings is 2. The van der Waals surface area contributed by atoms with Crippen molar-refractivity contribution in [2.75, 3.05) is 5.32 Å². The van der Waals surface area contributed by atoms with E-state index in [1.165, 1.54) is 23.1 Å². The van der Waals surface area contributed by atoms with Crippen molar-refractivity contribution in [2.45, 2.75) is 6.54 Å². The first-order chi connectivity index (χ1) is 9.22. The number of aromatic amines is 1. The molecule has 0 amide bonds. The third-order valence-electron chi connectivity index (χ3n) is 3.03. The third kappa shape index (κ3) is 2.73. The Bertz CT molecular complexity index is 721. The van der Waals surface area contributed by atoms with E-state index in [0.29, 0.717) is 0 Å². The molecule has 1 aromatic heterocycles. The fourth-order valence-corrected chi connectivity index (χ4v) is 2.70. The van der Waals surface area contributed by atoms with Gasteiger partial charge in [0.1, 0.15) is 5.82 Å². The Hall–Kier alpha value is -1.56. The number of hydrogen-bond donors (Lipinski definition) is 2. The number of H-pyrrole nitrogens is 1. The van der Waals surface area contributed by atoms with Crippen LogP contribution in [-0.4, -0.2) is 4.98 Å². The zero-order valence-corrected chi connectivity index (χ0v) is 12.2. The van der Waals surface area contributed by atoms with Crippen LogP contribution >= 0.6 is 22.6 Å². The summed E-state index contributed by atoms with van der Waals surface area (Å²) < 4.78 is 13.9. The summed E-state index contributed by atoms with van der Waals surface area (Å²) in [6.07, 6.45) is 1.94. The van der Waals surface area contributed by atoms with Crippen molar-refractivity contribution in [3.05, 3.63) is 63.6 Å². The number of aromatic nitrogens is 1. The standard InChI is InChI=1S/C15H12FIN2/c16-12-3-4-14(13(17)8-12)19-9-10-1-2-11-5-6-18-15(11)7-10/h1-8,18-19H,9H2. The van der Waals surface area contributed by atoms with Crippen molar-refractivity contribution < 1.29 is 4.39 Å². The molecule has 0 aliphatic rings. The number of halogens is 2. The van der Waals surface area contributed by atoms with Gasteiger partial charge in [-0.15, -0.1) is 0 Å². The van der Waals surface area contributed by atoms with Crippen LogP contribution in [0.2, 0.25) is 0 Å². The molecule has 2 aromatic carbocycles. The second-order valence-electron chi connectivity index (χ2n) is 4.38. The van der Waals surface area contributed by atoms with Crippen molar-refractivity contribution >= 4 is 39.2 Å². The first-order valence-corrected chi connectivity index (χ1v) is 7.05. The van der Waals surface area contributed by atoms with Crippen LogP contribution in [0, 0.1) is 9.39 Å². The van der Waals surface area contributed by atoms with Gasteiger partial charge in [-0.2, -0.15) is 0 Å². The number of hydrogen-bond acceptors (Lipinski definition) is 1. The second-order valence-corrected chi connectivity index (χ2v) is 5.54. The number of rotatable bonds is 3. The van der Waals surface area contributed by atoms with Crippen molar-refractivity contribution in [3.63, 3.8) is 0 Å². The molecule has 0 aliphatic carbocycles. The molecular formula is C15H12FIN2. The van der Waals surface area contributed by atoms with E-state index in [4.69, 9.17) is 0 Å². The lowest BCUT2D eigenvalue weighted by atomic mass is 10.1. The van der Waals surface area contributed by atoms with Crippen LogP contribution in [0.1, 0.15) is 5.56 Å². The lowest BCUT2D eigenvalue weighted by Gasteiger charge is -2.09. The topological polar surface area (TPSA) is 27.8 Å². The predicted molar refractivity (Wildman–Crippen MR) is 84.7 cm³/mol. The summed E-state index contributed by atoms with van der Waals surface area (Å²) in [5, 5.41) is 4.53. The molecule has 2 N–H and O–H groups in total. The van der Waals surface area contributed by atoms with E-state index in [0.717, 1.165) is 21.3 Å². The maximum Gasteiger partial charge on any atom is 0.124 e. The molecule has 0 bridgehead atoms. The summed E-state index contributed by atoms with van der Waals surface area (Å²) >= 11 is 2.13. The van der Waals surface area contributed by atoms with Gasteiger partial charge in [-0.25, -0.2) is 4.39 Å². The zero-order chi connectivity index (χ0) is 13.2. The molecule has 0 saturated heterocycles. The van der Waals surface area contributed by atoms with Gasteiger partial charge in [0.05, 0.1) is 0 Å². The molecule has 0 atom stereocenters. The number of anilines is 1. The van der Waals surface area contributed by atoms with Gasteiger partial charge in [0.25, 0.3) is 0 Å². The molecule has 0 unspecified atom stereocenters. The van der Waals surface area contributed by atoms with Crippen LogP contribution in [0.25, 0.3) is 10.9 Å². The van der Waals surface area contributed by atoms with Crippen molar-refractivity contribution in [3.8, 4) is 0 Å². The highest BCUT2D eigenvalue weighted by molar-refractivity contribution is 14.1. The van der Waals surface area contributed by atoms with Gasteiger partial charge in [-0.1, -0.05) is 12.1 Å². The Morgan fingerprint density at radius 1 is 1.11 bits per heavy atom. The largest absolute Gasteiger partial charge is 0.380 e. The summed E-state index contributed by atoms with van der Waals surface area (Å²) in [6.45, 7) is 0.719. The molecule has 0 aliphatic heterocycles. The first-order valence-electron chi connectivity index (χ1n) is 5.97. The molecule has 0 spiro atoms. The normalized spacial score (nSPS) is 10.8. The molecule has 2 nitrogen and oxygen atoms in total. The zero-order valence-electron chi connectivity index (χ0n) is 10.1. The Morgan fingerprint density at radius 3 is 2.84 bits per heavy atom. The maximum atomic E-state index is 13.0. The van der Waals surface area contributed by atoms with E-state index in [9.17, 15) is 4.39 Å². The van der Waals surface area contributed by atoms with Gasteiger partial charge in [0.15, 0.2) is 0 Å². The Kier molecular flexibility index (Phi) is 3.42. The fraction of sp³-hybridized carbons (Fsp3) is 0.0667. The minimum Gasteiger partial charge on any atom is -0.380 e. The Balaban J connectivity index is 1.77. The smallest absolute Gasteiger partial charge is 0.124 e. The minimum atomic E-state index is -0.206. The maximum absolute atomic E-state index is 13.0. The van der Waals surface area contributed by atoms with E-state index < -0.39 is 0 Å². The minimum absolute atomic E-state index is 0.206. The number of nitrogens with one attached hydrogen (secondary N) is 2. The van der Waals surface area contributed by atoms with Gasteiger partial charge < -0.3 is 10.3 Å². The summed E-state index contributed by atoms with van der Waals surface area (Å²) in [5.41, 5.74) is 3.27. The summed E-state index contributed by atoms with van der Waals surface area (Å²) in [4.78, 5) is 3.20. The van der Waals surface area contributed by atoms with E-state index >= 15 is 0 Å². The van der Waals surface area contributed by atoms with Crippen molar-refractivity contribution in [1.29, 1.82) is 0 Å².